The van der Waals surface area contributed by atoms with E-state index >= 15 is 0 Å². The Hall–Kier alpha value is -1.69. The number of nitrogens with two attached hydrogens (primary N) is 1. The predicted molar refractivity (Wildman–Crippen MR) is 60.1 cm³/mol. The number of anilines is 2. The maximum Gasteiger partial charge on any atom is 0.152 e. The minimum atomic E-state index is 0.539. The van der Waals surface area contributed by atoms with Crippen LogP contribution in [0, 0.1) is 19.3 Å². The van der Waals surface area contributed by atoms with Gasteiger partial charge in [0.2, 0.25) is 0 Å². The molecule has 0 aromatic carbocycles. The number of nitrogen functional groups attached to an aromatic ring is 1. The molecule has 1 heterocycles. The fourth-order valence-corrected chi connectivity index (χ4v) is 1.25. The van der Waals surface area contributed by atoms with Crippen LogP contribution in [0.4, 0.5) is 11.5 Å². The Labute approximate surface area is 84.9 Å². The third kappa shape index (κ3) is 2.17. The molecule has 2 N–H and O–H groups in total. The second-order valence-electron chi connectivity index (χ2n) is 3.08. The van der Waals surface area contributed by atoms with Crippen molar-refractivity contribution in [2.75, 3.05) is 23.7 Å². The van der Waals surface area contributed by atoms with E-state index < -0.39 is 0 Å². The molecule has 74 valence electrons. The Morgan fingerprint density at radius 3 is 2.86 bits per heavy atom. The first-order valence-electron chi connectivity index (χ1n) is 4.60. The third-order valence-corrected chi connectivity index (χ3v) is 2.01. The molecule has 3 heteroatoms. The van der Waals surface area contributed by atoms with E-state index in [4.69, 9.17) is 12.2 Å². The average molecular weight is 189 g/mol. The van der Waals surface area contributed by atoms with E-state index in [-0.39, 0.29) is 0 Å². The van der Waals surface area contributed by atoms with Gasteiger partial charge in [-0.2, -0.15) is 0 Å². The molecule has 0 spiro atoms. The summed E-state index contributed by atoms with van der Waals surface area (Å²) in [5.41, 5.74) is 7.45. The zero-order chi connectivity index (χ0) is 10.6. The molecule has 0 radical (unpaired) electrons. The largest absolute Gasteiger partial charge is 0.396 e. The van der Waals surface area contributed by atoms with Crippen LogP contribution in [0.15, 0.2) is 12.1 Å². The molecular weight excluding hydrogens is 174 g/mol. The van der Waals surface area contributed by atoms with Gasteiger partial charge in [-0.15, -0.1) is 6.42 Å². The van der Waals surface area contributed by atoms with Crippen molar-refractivity contribution < 1.29 is 0 Å². The van der Waals surface area contributed by atoms with Crippen LogP contribution in [0.2, 0.25) is 0 Å². The summed E-state index contributed by atoms with van der Waals surface area (Å²) in [5, 5.41) is 0. The van der Waals surface area contributed by atoms with Gasteiger partial charge in [0.25, 0.3) is 0 Å². The molecule has 0 fully saturated rings. The van der Waals surface area contributed by atoms with Gasteiger partial charge < -0.3 is 10.6 Å². The molecule has 0 saturated carbocycles. The third-order valence-electron chi connectivity index (χ3n) is 2.01. The van der Waals surface area contributed by atoms with Crippen molar-refractivity contribution in [3.05, 3.63) is 17.8 Å². The molecule has 0 amide bonds. The highest BCUT2D eigenvalue weighted by Gasteiger charge is 2.08. The van der Waals surface area contributed by atoms with Crippen LogP contribution < -0.4 is 10.6 Å². The van der Waals surface area contributed by atoms with Crippen molar-refractivity contribution in [1.29, 1.82) is 0 Å². The molecule has 0 aliphatic carbocycles. The summed E-state index contributed by atoms with van der Waals surface area (Å²) in [6.07, 6.45) is 5.27. The first-order valence-corrected chi connectivity index (χ1v) is 4.60. The summed E-state index contributed by atoms with van der Waals surface area (Å²) < 4.78 is 0. The second-order valence-corrected chi connectivity index (χ2v) is 3.08. The number of pyridine rings is 1. The summed E-state index contributed by atoms with van der Waals surface area (Å²) >= 11 is 0. The van der Waals surface area contributed by atoms with Crippen LogP contribution >= 0.6 is 0 Å². The standard InChI is InChI=1S/C11H15N3/c1-4-8-14(5-2)11-10(12)7-6-9(3)13-11/h1,6-7H,5,8,12H2,2-3H3. The number of aryl methyl sites for hydroxylation is 1. The number of rotatable bonds is 3. The summed E-state index contributed by atoms with van der Waals surface area (Å²) in [7, 11) is 0. The quantitative estimate of drug-likeness (QED) is 0.731. The number of nitrogens with zero attached hydrogens (tertiary/aromatic N) is 2. The molecule has 0 bridgehead atoms. The number of terminal acetylenes is 1. The first-order chi connectivity index (χ1) is 6.69. The molecule has 3 nitrogen and oxygen atoms in total. The lowest BCUT2D eigenvalue weighted by molar-refractivity contribution is 0.890. The first kappa shape index (κ1) is 10.4. The SMILES string of the molecule is C#CCN(CC)c1nc(C)ccc1N. The topological polar surface area (TPSA) is 42.2 Å². The lowest BCUT2D eigenvalue weighted by Gasteiger charge is -2.20. The van der Waals surface area contributed by atoms with E-state index in [1.807, 2.05) is 30.9 Å². The Morgan fingerprint density at radius 1 is 1.57 bits per heavy atom. The lowest BCUT2D eigenvalue weighted by Crippen LogP contribution is -2.25. The van der Waals surface area contributed by atoms with Crippen molar-refractivity contribution in [3.8, 4) is 12.3 Å². The summed E-state index contributed by atoms with van der Waals surface area (Å²) in [5.74, 6) is 3.38. The van der Waals surface area contributed by atoms with Gasteiger partial charge in [0.15, 0.2) is 5.82 Å². The summed E-state index contributed by atoms with van der Waals surface area (Å²) in [6, 6.07) is 3.75. The number of hydrogen-bond acceptors (Lipinski definition) is 3. The van der Waals surface area contributed by atoms with Crippen molar-refractivity contribution >= 4 is 11.5 Å². The van der Waals surface area contributed by atoms with Crippen molar-refractivity contribution in [1.82, 2.24) is 4.98 Å². The van der Waals surface area contributed by atoms with Crippen LogP contribution in [0.3, 0.4) is 0 Å². The van der Waals surface area contributed by atoms with Crippen molar-refractivity contribution in [3.63, 3.8) is 0 Å². The highest BCUT2D eigenvalue weighted by Crippen LogP contribution is 2.19. The van der Waals surface area contributed by atoms with Crippen LogP contribution in [-0.2, 0) is 0 Å². The van der Waals surface area contributed by atoms with E-state index in [2.05, 4.69) is 10.9 Å². The van der Waals surface area contributed by atoms with Crippen LogP contribution in [0.25, 0.3) is 0 Å². The zero-order valence-corrected chi connectivity index (χ0v) is 8.62. The minimum absolute atomic E-state index is 0.539. The highest BCUT2D eigenvalue weighted by atomic mass is 15.2. The number of aromatic nitrogens is 1. The minimum Gasteiger partial charge on any atom is -0.396 e. The monoisotopic (exact) mass is 189 g/mol. The summed E-state index contributed by atoms with van der Waals surface area (Å²) in [6.45, 7) is 5.31. The van der Waals surface area contributed by atoms with Gasteiger partial charge in [-0.25, -0.2) is 4.98 Å². The maximum atomic E-state index is 5.82. The molecular formula is C11H15N3. The fraction of sp³-hybridized carbons (Fsp3) is 0.364. The Balaban J connectivity index is 3.03. The Morgan fingerprint density at radius 2 is 2.29 bits per heavy atom. The van der Waals surface area contributed by atoms with Gasteiger partial charge in [-0.05, 0) is 26.0 Å². The van der Waals surface area contributed by atoms with E-state index in [1.54, 1.807) is 0 Å². The number of hydrogen-bond donors (Lipinski definition) is 1. The van der Waals surface area contributed by atoms with Gasteiger partial charge in [0.05, 0.1) is 12.2 Å². The molecule has 1 aromatic heterocycles. The van der Waals surface area contributed by atoms with Gasteiger partial charge in [-0.3, -0.25) is 0 Å². The van der Waals surface area contributed by atoms with Crippen molar-refractivity contribution in [2.24, 2.45) is 0 Å². The Bertz CT molecular complexity index is 352. The maximum absolute atomic E-state index is 5.82. The molecule has 0 atom stereocenters. The molecule has 0 unspecified atom stereocenters. The molecule has 1 aromatic rings. The zero-order valence-electron chi connectivity index (χ0n) is 8.62. The molecule has 0 aliphatic rings. The fourth-order valence-electron chi connectivity index (χ4n) is 1.25. The molecule has 0 saturated heterocycles. The summed E-state index contributed by atoms with van der Waals surface area (Å²) in [4.78, 5) is 6.34. The highest BCUT2D eigenvalue weighted by molar-refractivity contribution is 5.63. The van der Waals surface area contributed by atoms with E-state index in [0.29, 0.717) is 12.2 Å². The second kappa shape index (κ2) is 4.52. The Kier molecular flexibility index (Phi) is 3.35. The smallest absolute Gasteiger partial charge is 0.152 e. The molecule has 1 rings (SSSR count). The van der Waals surface area contributed by atoms with Crippen molar-refractivity contribution in [2.45, 2.75) is 13.8 Å². The lowest BCUT2D eigenvalue weighted by atomic mass is 10.3. The molecule has 14 heavy (non-hydrogen) atoms. The van der Waals surface area contributed by atoms with Gasteiger partial charge in [-0.1, -0.05) is 5.92 Å². The van der Waals surface area contributed by atoms with E-state index in [9.17, 15) is 0 Å². The van der Waals surface area contributed by atoms with E-state index in [0.717, 1.165) is 18.1 Å². The predicted octanol–water partition coefficient (Wildman–Crippen LogP) is 1.43. The molecule has 0 aliphatic heterocycles. The normalized spacial score (nSPS) is 9.50. The van der Waals surface area contributed by atoms with E-state index in [1.165, 1.54) is 0 Å². The van der Waals surface area contributed by atoms with Gasteiger partial charge >= 0.3 is 0 Å². The van der Waals surface area contributed by atoms with Crippen LogP contribution in [0.1, 0.15) is 12.6 Å². The van der Waals surface area contributed by atoms with Crippen LogP contribution in [-0.4, -0.2) is 18.1 Å². The van der Waals surface area contributed by atoms with Crippen LogP contribution in [0.5, 0.6) is 0 Å². The average Bonchev–Trinajstić information content (AvgIpc) is 2.18. The van der Waals surface area contributed by atoms with Gasteiger partial charge in [0.1, 0.15) is 0 Å². The van der Waals surface area contributed by atoms with Gasteiger partial charge in [0, 0.05) is 12.2 Å².